The first-order valence-electron chi connectivity index (χ1n) is 6.05. The second-order valence-electron chi connectivity index (χ2n) is 4.23. The van der Waals surface area contributed by atoms with Crippen molar-refractivity contribution >= 4 is 17.7 Å². The van der Waals surface area contributed by atoms with Crippen molar-refractivity contribution in [3.8, 4) is 0 Å². The minimum absolute atomic E-state index is 0.142. The van der Waals surface area contributed by atoms with Gasteiger partial charge in [0, 0.05) is 6.54 Å². The Kier molecular flexibility index (Phi) is 3.85. The molecule has 1 amide bonds. The van der Waals surface area contributed by atoms with E-state index in [1.807, 2.05) is 0 Å². The molecule has 1 aromatic rings. The quantitative estimate of drug-likeness (QED) is 0.849. The van der Waals surface area contributed by atoms with E-state index in [9.17, 15) is 9.59 Å². The van der Waals surface area contributed by atoms with Crippen molar-refractivity contribution in [3.05, 3.63) is 42.0 Å². The summed E-state index contributed by atoms with van der Waals surface area (Å²) in [5.74, 6) is -0.974. The molecular formula is C14H15NO4. The third-order valence-corrected chi connectivity index (χ3v) is 3.03. The van der Waals surface area contributed by atoms with Gasteiger partial charge in [-0.2, -0.15) is 0 Å². The highest BCUT2D eigenvalue weighted by molar-refractivity contribution is 5.95. The molecule has 1 heterocycles. The Labute approximate surface area is 111 Å². The molecule has 0 bridgehead atoms. The lowest BCUT2D eigenvalue weighted by Crippen LogP contribution is -2.36. The largest absolute Gasteiger partial charge is 0.478 e. The Balaban J connectivity index is 2.34. The molecule has 1 aliphatic heterocycles. The molecule has 0 aliphatic carbocycles. The molecule has 5 nitrogen and oxygen atoms in total. The molecule has 0 aromatic heterocycles. The molecule has 0 saturated carbocycles. The van der Waals surface area contributed by atoms with Gasteiger partial charge >= 0.3 is 12.1 Å². The lowest BCUT2D eigenvalue weighted by molar-refractivity contribution is 0.0695. The van der Waals surface area contributed by atoms with Crippen LogP contribution in [-0.2, 0) is 11.2 Å². The number of nitrogens with zero attached hydrogens (tertiary/aromatic N) is 1. The minimum atomic E-state index is -0.974. The normalized spacial score (nSPS) is 13.6. The lowest BCUT2D eigenvalue weighted by atomic mass is 9.96. The Bertz CT molecular complexity index is 524. The number of anilines is 1. The number of carbonyl (C=O) groups is 2. The first-order chi connectivity index (χ1) is 9.15. The number of ether oxygens (including phenoxy) is 1. The molecule has 0 fully saturated rings. The van der Waals surface area contributed by atoms with Crippen LogP contribution in [0.4, 0.5) is 10.5 Å². The van der Waals surface area contributed by atoms with E-state index in [0.29, 0.717) is 24.2 Å². The summed E-state index contributed by atoms with van der Waals surface area (Å²) >= 11 is 0. The third-order valence-electron chi connectivity index (χ3n) is 3.03. The molecule has 1 aliphatic rings. The fourth-order valence-electron chi connectivity index (χ4n) is 2.22. The highest BCUT2D eigenvalue weighted by Gasteiger charge is 2.26. The number of hydrogen-bond donors (Lipinski definition) is 1. The van der Waals surface area contributed by atoms with Crippen LogP contribution in [0.5, 0.6) is 0 Å². The van der Waals surface area contributed by atoms with Crippen molar-refractivity contribution in [3.63, 3.8) is 0 Å². The van der Waals surface area contributed by atoms with E-state index in [1.54, 1.807) is 18.2 Å². The van der Waals surface area contributed by atoms with Gasteiger partial charge in [0.25, 0.3) is 0 Å². The van der Waals surface area contributed by atoms with Crippen molar-refractivity contribution < 1.29 is 19.4 Å². The zero-order valence-electron chi connectivity index (χ0n) is 10.5. The van der Waals surface area contributed by atoms with Gasteiger partial charge in [-0.3, -0.25) is 4.90 Å². The van der Waals surface area contributed by atoms with Crippen LogP contribution >= 0.6 is 0 Å². The number of rotatable bonds is 3. The SMILES string of the molecule is C=CCOC(=O)N1CCCc2c(C(=O)O)cccc21. The Hall–Kier alpha value is -2.30. The van der Waals surface area contributed by atoms with Crippen LogP contribution < -0.4 is 4.90 Å². The van der Waals surface area contributed by atoms with Crippen molar-refractivity contribution in [2.75, 3.05) is 18.1 Å². The van der Waals surface area contributed by atoms with Gasteiger partial charge < -0.3 is 9.84 Å². The minimum Gasteiger partial charge on any atom is -0.478 e. The van der Waals surface area contributed by atoms with Gasteiger partial charge in [0.05, 0.1) is 11.3 Å². The topological polar surface area (TPSA) is 66.8 Å². The third kappa shape index (κ3) is 2.59. The fourth-order valence-corrected chi connectivity index (χ4v) is 2.22. The first kappa shape index (κ1) is 13.1. The molecule has 2 rings (SSSR count). The Morgan fingerprint density at radius 1 is 1.47 bits per heavy atom. The van der Waals surface area contributed by atoms with E-state index in [2.05, 4.69) is 6.58 Å². The van der Waals surface area contributed by atoms with Crippen LogP contribution in [0, 0.1) is 0 Å². The molecule has 0 radical (unpaired) electrons. The van der Waals surface area contributed by atoms with E-state index >= 15 is 0 Å². The van der Waals surface area contributed by atoms with Crippen molar-refractivity contribution in [2.45, 2.75) is 12.8 Å². The zero-order valence-corrected chi connectivity index (χ0v) is 10.5. The van der Waals surface area contributed by atoms with Crippen molar-refractivity contribution in [2.24, 2.45) is 0 Å². The molecule has 0 unspecified atom stereocenters. The summed E-state index contributed by atoms with van der Waals surface area (Å²) in [6, 6.07) is 4.94. The van der Waals surface area contributed by atoms with Crippen LogP contribution in [0.25, 0.3) is 0 Å². The number of carboxylic acids is 1. The number of carboxylic acid groups (broad SMARTS) is 1. The van der Waals surface area contributed by atoms with E-state index in [1.165, 1.54) is 11.0 Å². The summed E-state index contributed by atoms with van der Waals surface area (Å²) in [6.07, 6.45) is 2.41. The molecule has 0 atom stereocenters. The van der Waals surface area contributed by atoms with Crippen molar-refractivity contribution in [1.82, 2.24) is 0 Å². The number of hydrogen-bond acceptors (Lipinski definition) is 3. The number of amides is 1. The van der Waals surface area contributed by atoms with Gasteiger partial charge in [-0.05, 0) is 30.5 Å². The van der Waals surface area contributed by atoms with Crippen molar-refractivity contribution in [1.29, 1.82) is 0 Å². The number of carbonyl (C=O) groups excluding carboxylic acids is 1. The second kappa shape index (κ2) is 5.56. The standard InChI is InChI=1S/C14H15NO4/c1-2-9-19-14(18)15-8-4-6-10-11(13(16)17)5-3-7-12(10)15/h2-3,5,7H,1,4,6,8-9H2,(H,16,17). The maximum atomic E-state index is 11.9. The molecule has 0 saturated heterocycles. The monoisotopic (exact) mass is 261 g/mol. The highest BCUT2D eigenvalue weighted by Crippen LogP contribution is 2.30. The maximum absolute atomic E-state index is 11.9. The number of benzene rings is 1. The molecule has 5 heteroatoms. The molecule has 1 aromatic carbocycles. The van der Waals surface area contributed by atoms with E-state index in [0.717, 1.165) is 6.42 Å². The van der Waals surface area contributed by atoms with Gasteiger partial charge in [-0.1, -0.05) is 18.7 Å². The Morgan fingerprint density at radius 3 is 2.95 bits per heavy atom. The summed E-state index contributed by atoms with van der Waals surface area (Å²) in [6.45, 7) is 4.16. The van der Waals surface area contributed by atoms with E-state index < -0.39 is 12.1 Å². The fraction of sp³-hybridized carbons (Fsp3) is 0.286. The molecule has 1 N–H and O–H groups in total. The average molecular weight is 261 g/mol. The number of aromatic carboxylic acids is 1. The van der Waals surface area contributed by atoms with Gasteiger partial charge in [0.15, 0.2) is 0 Å². The van der Waals surface area contributed by atoms with Crippen LogP contribution in [0.1, 0.15) is 22.3 Å². The Morgan fingerprint density at radius 2 is 2.26 bits per heavy atom. The van der Waals surface area contributed by atoms with Crippen LogP contribution in [0.2, 0.25) is 0 Å². The van der Waals surface area contributed by atoms with Gasteiger partial charge in [0.2, 0.25) is 0 Å². The average Bonchev–Trinajstić information content (AvgIpc) is 2.43. The number of fused-ring (bicyclic) bond motifs is 1. The molecule has 0 spiro atoms. The van der Waals surface area contributed by atoms with Gasteiger partial charge in [-0.25, -0.2) is 9.59 Å². The first-order valence-corrected chi connectivity index (χ1v) is 6.05. The smallest absolute Gasteiger partial charge is 0.414 e. The van der Waals surface area contributed by atoms with Gasteiger partial charge in [0.1, 0.15) is 6.61 Å². The predicted octanol–water partition coefficient (Wildman–Crippen LogP) is 2.46. The summed E-state index contributed by atoms with van der Waals surface area (Å²) in [5.41, 5.74) is 1.57. The van der Waals surface area contributed by atoms with Crippen LogP contribution in [-0.4, -0.2) is 30.3 Å². The highest BCUT2D eigenvalue weighted by atomic mass is 16.6. The molecule has 100 valence electrons. The lowest BCUT2D eigenvalue weighted by Gasteiger charge is -2.29. The van der Waals surface area contributed by atoms with Crippen LogP contribution in [0.3, 0.4) is 0 Å². The second-order valence-corrected chi connectivity index (χ2v) is 4.23. The summed E-state index contributed by atoms with van der Waals surface area (Å²) < 4.78 is 5.01. The molecular weight excluding hydrogens is 246 g/mol. The van der Waals surface area contributed by atoms with E-state index in [-0.39, 0.29) is 12.2 Å². The predicted molar refractivity (Wildman–Crippen MR) is 70.6 cm³/mol. The van der Waals surface area contributed by atoms with Gasteiger partial charge in [-0.15, -0.1) is 0 Å². The summed E-state index contributed by atoms with van der Waals surface area (Å²) in [5, 5.41) is 9.16. The van der Waals surface area contributed by atoms with E-state index in [4.69, 9.17) is 9.84 Å². The summed E-state index contributed by atoms with van der Waals surface area (Å²) in [4.78, 5) is 24.6. The molecule has 19 heavy (non-hydrogen) atoms. The van der Waals surface area contributed by atoms with Crippen LogP contribution in [0.15, 0.2) is 30.9 Å². The zero-order chi connectivity index (χ0) is 13.8. The summed E-state index contributed by atoms with van der Waals surface area (Å²) in [7, 11) is 0. The maximum Gasteiger partial charge on any atom is 0.414 e.